The van der Waals surface area contributed by atoms with E-state index in [1.807, 2.05) is 30.3 Å². The van der Waals surface area contributed by atoms with Crippen LogP contribution in [0.1, 0.15) is 174 Å². The molecule has 1 amide bonds. The molecule has 59 heavy (non-hydrogen) atoms. The highest BCUT2D eigenvalue weighted by Crippen LogP contribution is 2.60. The Labute approximate surface area is 353 Å². The van der Waals surface area contributed by atoms with Crippen molar-refractivity contribution in [3.63, 3.8) is 0 Å². The molecule has 10 nitrogen and oxygen atoms in total. The smallest absolute Gasteiger partial charge is 0.339 e. The van der Waals surface area contributed by atoms with Gasteiger partial charge in [0, 0.05) is 31.3 Å². The first kappa shape index (κ1) is 45.5. The molecule has 2 N–H and O–H groups in total. The molecular weight excluding hydrogens is 747 g/mol. The Morgan fingerprint density at radius 2 is 1.69 bits per heavy atom. The Balaban J connectivity index is 1.24. The SMILES string of the molecule is CCCCCC1(CCCCC)O[C@@H]2[C@@H](C=C(C(=O)N[C@H](CO)CCC(=O)OC(C)(C)C)C[C@H]2OC(=O)c2ccccc2C=C2CCC3O[C@]3(C)CC[C@@H]3[C@@H]2CC3(C)C)O1. The van der Waals surface area contributed by atoms with Crippen LogP contribution >= 0.6 is 0 Å². The standard InChI is InChI=1S/C49H73NO9/c1-9-11-15-24-49(25-16-12-10-2)56-40-29-34(44(53)50-35(31-51)20-22-42(52)58-46(3,4)5)28-39(43(40)59-49)55-45(54)36-18-14-13-17-32(36)27-33-19-21-41-48(8,57-41)26-23-38-37(33)30-47(38,6)7/h13-14,17-18,27,29,35,37-41,43,51H,9-12,15-16,19-26,28,30-31H2,1-8H3,(H,50,53)/t35-,37+,38+,39+,40+,41?,43-,48+/m0/s1. The number of ether oxygens (including phenoxy) is 5. The molecule has 5 aliphatic rings. The molecular formula is C49H73NO9. The molecule has 4 fully saturated rings. The van der Waals surface area contributed by atoms with Gasteiger partial charge in [-0.1, -0.05) is 83.2 Å². The van der Waals surface area contributed by atoms with Gasteiger partial charge in [-0.15, -0.1) is 0 Å². The average molecular weight is 820 g/mol. The maximum absolute atomic E-state index is 14.5. The molecule has 0 aromatic heterocycles. The van der Waals surface area contributed by atoms with Gasteiger partial charge in [-0.3, -0.25) is 9.59 Å². The fourth-order valence-electron chi connectivity index (χ4n) is 10.2. The summed E-state index contributed by atoms with van der Waals surface area (Å²) in [6.45, 7) is 16.4. The molecule has 1 aromatic carbocycles. The molecule has 8 atom stereocenters. The zero-order chi connectivity index (χ0) is 42.6. The quantitative estimate of drug-likeness (QED) is 0.0896. The summed E-state index contributed by atoms with van der Waals surface area (Å²) >= 11 is 0. The van der Waals surface area contributed by atoms with E-state index in [4.69, 9.17) is 23.7 Å². The molecule has 1 unspecified atom stereocenters. The first-order chi connectivity index (χ1) is 28.0. The van der Waals surface area contributed by atoms with Gasteiger partial charge in [0.05, 0.1) is 29.9 Å². The second-order valence-corrected chi connectivity index (χ2v) is 20.0. The molecule has 2 aliphatic heterocycles. The number of aliphatic hydroxyl groups excluding tert-OH is 1. The number of hydrogen-bond acceptors (Lipinski definition) is 9. The molecule has 3 aliphatic carbocycles. The lowest BCUT2D eigenvalue weighted by atomic mass is 9.52. The Kier molecular flexibility index (Phi) is 14.6. The normalized spacial score (nSPS) is 30.5. The molecule has 2 saturated heterocycles. The number of benzene rings is 1. The number of epoxide rings is 1. The van der Waals surface area contributed by atoms with Crippen LogP contribution in [0.2, 0.25) is 0 Å². The van der Waals surface area contributed by atoms with E-state index in [1.165, 1.54) is 5.57 Å². The summed E-state index contributed by atoms with van der Waals surface area (Å²) < 4.78 is 31.9. The average Bonchev–Trinajstić information content (AvgIpc) is 3.65. The zero-order valence-electron chi connectivity index (χ0n) is 37.2. The van der Waals surface area contributed by atoms with Crippen LogP contribution in [0.5, 0.6) is 0 Å². The van der Waals surface area contributed by atoms with Crippen LogP contribution in [0.3, 0.4) is 0 Å². The van der Waals surface area contributed by atoms with Gasteiger partial charge in [-0.05, 0) is 114 Å². The fourth-order valence-corrected chi connectivity index (χ4v) is 10.2. The van der Waals surface area contributed by atoms with Gasteiger partial charge in [0.2, 0.25) is 5.91 Å². The number of allylic oxidation sites excluding steroid dienone is 1. The second kappa shape index (κ2) is 18.9. The number of aliphatic hydroxyl groups is 1. The van der Waals surface area contributed by atoms with Crippen LogP contribution < -0.4 is 5.32 Å². The van der Waals surface area contributed by atoms with Crippen molar-refractivity contribution in [2.45, 2.75) is 206 Å². The van der Waals surface area contributed by atoms with E-state index in [9.17, 15) is 19.5 Å². The van der Waals surface area contributed by atoms with E-state index < -0.39 is 53.6 Å². The Hall–Kier alpha value is -3.05. The van der Waals surface area contributed by atoms with E-state index in [-0.39, 0.29) is 43.0 Å². The highest BCUT2D eigenvalue weighted by molar-refractivity contribution is 5.95. The van der Waals surface area contributed by atoms with Crippen molar-refractivity contribution in [3.05, 3.63) is 52.6 Å². The third-order valence-electron chi connectivity index (χ3n) is 13.6. The van der Waals surface area contributed by atoms with E-state index in [2.05, 4.69) is 46.0 Å². The Morgan fingerprint density at radius 3 is 2.36 bits per heavy atom. The Morgan fingerprint density at radius 1 is 0.983 bits per heavy atom. The number of nitrogens with one attached hydrogen (secondary N) is 1. The van der Waals surface area contributed by atoms with Crippen molar-refractivity contribution in [1.82, 2.24) is 5.32 Å². The van der Waals surface area contributed by atoms with E-state index in [1.54, 1.807) is 20.8 Å². The van der Waals surface area contributed by atoms with Gasteiger partial charge < -0.3 is 34.1 Å². The molecule has 10 heteroatoms. The summed E-state index contributed by atoms with van der Waals surface area (Å²) in [4.78, 5) is 40.9. The molecule has 2 saturated carbocycles. The number of amides is 1. The largest absolute Gasteiger partial charge is 0.460 e. The fraction of sp³-hybridized carbons (Fsp3) is 0.735. The summed E-state index contributed by atoms with van der Waals surface area (Å²) in [5.41, 5.74) is 2.73. The van der Waals surface area contributed by atoms with E-state index in [0.29, 0.717) is 35.8 Å². The summed E-state index contributed by atoms with van der Waals surface area (Å²) in [7, 11) is 0. The highest BCUT2D eigenvalue weighted by Gasteiger charge is 2.56. The molecule has 2 heterocycles. The molecule has 0 spiro atoms. The number of esters is 2. The van der Waals surface area contributed by atoms with Crippen LogP contribution in [0.4, 0.5) is 0 Å². The molecule has 6 rings (SSSR count). The Bertz CT molecular complexity index is 1700. The summed E-state index contributed by atoms with van der Waals surface area (Å²) in [5, 5.41) is 13.1. The predicted octanol–water partition coefficient (Wildman–Crippen LogP) is 9.56. The number of hydrogen-bond donors (Lipinski definition) is 2. The highest BCUT2D eigenvalue weighted by atomic mass is 16.8. The maximum atomic E-state index is 14.5. The van der Waals surface area contributed by atoms with Crippen LogP contribution in [-0.2, 0) is 33.3 Å². The predicted molar refractivity (Wildman–Crippen MR) is 228 cm³/mol. The third kappa shape index (κ3) is 11.3. The van der Waals surface area contributed by atoms with Gasteiger partial charge >= 0.3 is 11.9 Å². The van der Waals surface area contributed by atoms with E-state index in [0.717, 1.165) is 76.2 Å². The minimum atomic E-state index is -0.846. The second-order valence-electron chi connectivity index (χ2n) is 20.0. The minimum absolute atomic E-state index is 0.00978. The molecule has 1 aromatic rings. The van der Waals surface area contributed by atoms with Crippen molar-refractivity contribution >= 4 is 23.9 Å². The monoisotopic (exact) mass is 820 g/mol. The van der Waals surface area contributed by atoms with Crippen molar-refractivity contribution in [1.29, 1.82) is 0 Å². The van der Waals surface area contributed by atoms with Crippen molar-refractivity contribution in [2.75, 3.05) is 6.61 Å². The minimum Gasteiger partial charge on any atom is -0.460 e. The number of rotatable bonds is 17. The van der Waals surface area contributed by atoms with Gasteiger partial charge in [0.1, 0.15) is 23.9 Å². The molecule has 0 radical (unpaired) electrons. The van der Waals surface area contributed by atoms with Crippen LogP contribution in [0, 0.1) is 17.3 Å². The lowest BCUT2D eigenvalue weighted by molar-refractivity contribution is -0.190. The number of fused-ring (bicyclic) bond motifs is 3. The first-order valence-electron chi connectivity index (χ1n) is 22.9. The molecule has 0 bridgehead atoms. The van der Waals surface area contributed by atoms with Crippen LogP contribution in [0.15, 0.2) is 41.5 Å². The first-order valence-corrected chi connectivity index (χ1v) is 22.9. The number of unbranched alkanes of at least 4 members (excludes halogenated alkanes) is 4. The molecule has 328 valence electrons. The lowest BCUT2D eigenvalue weighted by Crippen LogP contribution is -2.45. The van der Waals surface area contributed by atoms with Crippen molar-refractivity contribution < 1.29 is 43.2 Å². The van der Waals surface area contributed by atoms with Crippen molar-refractivity contribution in [3.8, 4) is 0 Å². The maximum Gasteiger partial charge on any atom is 0.339 e. The van der Waals surface area contributed by atoms with Crippen molar-refractivity contribution in [2.24, 2.45) is 17.3 Å². The van der Waals surface area contributed by atoms with Gasteiger partial charge in [0.15, 0.2) is 5.79 Å². The summed E-state index contributed by atoms with van der Waals surface area (Å²) in [6.07, 6.45) is 15.5. The third-order valence-corrected chi connectivity index (χ3v) is 13.6. The summed E-state index contributed by atoms with van der Waals surface area (Å²) in [5.74, 6) is -1.05. The summed E-state index contributed by atoms with van der Waals surface area (Å²) in [6, 6.07) is 7.01. The zero-order valence-corrected chi connectivity index (χ0v) is 37.2. The van der Waals surface area contributed by atoms with E-state index >= 15 is 0 Å². The van der Waals surface area contributed by atoms with Gasteiger partial charge in [0.25, 0.3) is 0 Å². The van der Waals surface area contributed by atoms with Crippen LogP contribution in [-0.4, -0.2) is 77.0 Å². The number of carbonyl (C=O) groups excluding carboxylic acids is 3. The van der Waals surface area contributed by atoms with Gasteiger partial charge in [-0.2, -0.15) is 0 Å². The number of carbonyl (C=O) groups is 3. The topological polar surface area (TPSA) is 133 Å². The van der Waals surface area contributed by atoms with Gasteiger partial charge in [-0.25, -0.2) is 4.79 Å². The lowest BCUT2D eigenvalue weighted by Gasteiger charge is -2.53. The van der Waals surface area contributed by atoms with Crippen LogP contribution in [0.25, 0.3) is 6.08 Å².